The van der Waals surface area contributed by atoms with Crippen molar-refractivity contribution in [2.75, 3.05) is 41.7 Å². The summed E-state index contributed by atoms with van der Waals surface area (Å²) in [4.78, 5) is 0. The van der Waals surface area contributed by atoms with Gasteiger partial charge in [0.05, 0.1) is 40.4 Å². The van der Waals surface area contributed by atoms with Crippen molar-refractivity contribution in [3.8, 4) is 23.0 Å². The Hall–Kier alpha value is -2.66. The smallest absolute Gasteiger partial charge is 0.231 e. The van der Waals surface area contributed by atoms with Gasteiger partial charge < -0.3 is 23.4 Å². The van der Waals surface area contributed by atoms with Crippen LogP contribution in [0.2, 0.25) is 0 Å². The van der Waals surface area contributed by atoms with Gasteiger partial charge in [0.2, 0.25) is 6.79 Å². The lowest BCUT2D eigenvalue weighted by Gasteiger charge is -2.32. The zero-order chi connectivity index (χ0) is 19.0. The topological polar surface area (TPSA) is 36.9 Å². The van der Waals surface area contributed by atoms with E-state index in [0.717, 1.165) is 52.6 Å². The zero-order valence-electron chi connectivity index (χ0n) is 16.4. The highest BCUT2D eigenvalue weighted by Gasteiger charge is 2.25. The largest absolute Gasteiger partial charge is 0.493 e. The fraction of sp³-hybridized carbons (Fsp3) is 0.364. The summed E-state index contributed by atoms with van der Waals surface area (Å²) in [6, 6.07) is 8.27. The number of methoxy groups -OCH3 is 2. The molecule has 2 aromatic rings. The summed E-state index contributed by atoms with van der Waals surface area (Å²) in [7, 11) is 7.89. The molecule has 0 aliphatic carbocycles. The average molecular weight is 368 g/mol. The van der Waals surface area contributed by atoms with Crippen molar-refractivity contribution < 1.29 is 23.4 Å². The molecule has 0 N–H and O–H groups in total. The molecule has 0 spiro atoms. The molecule has 5 heteroatoms. The Balaban J connectivity index is 1.87. The number of quaternary nitrogens is 1. The van der Waals surface area contributed by atoms with Crippen LogP contribution in [0.4, 0.5) is 0 Å². The minimum Gasteiger partial charge on any atom is -0.493 e. The molecule has 27 heavy (non-hydrogen) atoms. The second kappa shape index (κ2) is 6.82. The van der Waals surface area contributed by atoms with Crippen molar-refractivity contribution in [1.82, 2.24) is 0 Å². The highest BCUT2D eigenvalue weighted by atomic mass is 16.7. The van der Waals surface area contributed by atoms with Crippen LogP contribution in [0.3, 0.4) is 0 Å². The predicted octanol–water partition coefficient (Wildman–Crippen LogP) is 3.74. The lowest BCUT2D eigenvalue weighted by atomic mass is 9.97. The van der Waals surface area contributed by atoms with Crippen molar-refractivity contribution in [3.63, 3.8) is 0 Å². The molecule has 4 rings (SSSR count). The van der Waals surface area contributed by atoms with Gasteiger partial charge in [-0.25, -0.2) is 0 Å². The molecule has 0 saturated heterocycles. The summed E-state index contributed by atoms with van der Waals surface area (Å²) in [6.45, 7) is 2.16. The number of rotatable bonds is 2. The first-order valence-electron chi connectivity index (χ1n) is 9.17. The minimum absolute atomic E-state index is 0.295. The molecule has 5 nitrogen and oxygen atoms in total. The number of benzene rings is 2. The third kappa shape index (κ3) is 3.35. The van der Waals surface area contributed by atoms with Gasteiger partial charge in [-0.1, -0.05) is 18.2 Å². The van der Waals surface area contributed by atoms with Gasteiger partial charge in [-0.05, 0) is 34.9 Å². The minimum atomic E-state index is 0.295. The molecule has 0 atom stereocenters. The molecule has 2 aliphatic heterocycles. The zero-order valence-corrected chi connectivity index (χ0v) is 16.4. The van der Waals surface area contributed by atoms with Crippen LogP contribution in [0.25, 0.3) is 12.2 Å². The molecule has 0 bridgehead atoms. The van der Waals surface area contributed by atoms with Crippen LogP contribution in [-0.4, -0.2) is 46.1 Å². The molecular weight excluding hydrogens is 342 g/mol. The fourth-order valence-corrected chi connectivity index (χ4v) is 3.81. The Bertz CT molecular complexity index is 902. The fourth-order valence-electron chi connectivity index (χ4n) is 3.81. The second-order valence-electron chi connectivity index (χ2n) is 7.67. The maximum atomic E-state index is 5.72. The summed E-state index contributed by atoms with van der Waals surface area (Å²) in [6.07, 6.45) is 5.28. The number of ether oxygens (including phenoxy) is 4. The highest BCUT2D eigenvalue weighted by Crippen LogP contribution is 2.39. The monoisotopic (exact) mass is 368 g/mol. The average Bonchev–Trinajstić information content (AvgIpc) is 3.11. The Morgan fingerprint density at radius 2 is 1.67 bits per heavy atom. The van der Waals surface area contributed by atoms with Crippen molar-refractivity contribution in [2.24, 2.45) is 0 Å². The highest BCUT2D eigenvalue weighted by molar-refractivity contribution is 5.76. The van der Waals surface area contributed by atoms with Gasteiger partial charge in [0.15, 0.2) is 23.0 Å². The van der Waals surface area contributed by atoms with E-state index in [2.05, 4.69) is 44.4 Å². The Morgan fingerprint density at radius 3 is 2.41 bits per heavy atom. The Kier molecular flexibility index (Phi) is 4.48. The molecule has 142 valence electrons. The van der Waals surface area contributed by atoms with Gasteiger partial charge in [-0.3, -0.25) is 0 Å². The van der Waals surface area contributed by atoms with Crippen LogP contribution >= 0.6 is 0 Å². The maximum Gasteiger partial charge on any atom is 0.231 e. The van der Waals surface area contributed by atoms with Crippen LogP contribution in [0, 0.1) is 0 Å². The Labute approximate surface area is 160 Å². The molecule has 0 radical (unpaired) electrons. The number of fused-ring (bicyclic) bond motifs is 3. The normalized spacial score (nSPS) is 18.2. The first kappa shape index (κ1) is 17.7. The van der Waals surface area contributed by atoms with Crippen molar-refractivity contribution in [3.05, 3.63) is 46.5 Å². The molecule has 0 amide bonds. The van der Waals surface area contributed by atoms with E-state index in [0.29, 0.717) is 6.79 Å². The van der Waals surface area contributed by atoms with Gasteiger partial charge in [0.25, 0.3) is 0 Å². The van der Waals surface area contributed by atoms with Crippen LogP contribution < -0.4 is 18.9 Å². The lowest BCUT2D eigenvalue weighted by Crippen LogP contribution is -2.41. The quantitative estimate of drug-likeness (QED) is 0.757. The van der Waals surface area contributed by atoms with Crippen molar-refractivity contribution in [2.45, 2.75) is 13.0 Å². The molecule has 2 aromatic carbocycles. The Morgan fingerprint density at radius 1 is 0.926 bits per heavy atom. The van der Waals surface area contributed by atoms with Crippen LogP contribution in [-0.2, 0) is 13.0 Å². The summed E-state index contributed by atoms with van der Waals surface area (Å²) >= 11 is 0. The van der Waals surface area contributed by atoms with E-state index in [1.54, 1.807) is 14.2 Å². The summed E-state index contributed by atoms with van der Waals surface area (Å²) in [5.41, 5.74) is 4.76. The molecule has 0 fully saturated rings. The first-order valence-corrected chi connectivity index (χ1v) is 9.17. The summed E-state index contributed by atoms with van der Waals surface area (Å²) in [5.74, 6) is 3.25. The number of likely N-dealkylation sites (N-methyl/N-ethyl adjacent to an activating group) is 1. The van der Waals surface area contributed by atoms with Gasteiger partial charge in [0.1, 0.15) is 6.54 Å². The third-order valence-electron chi connectivity index (χ3n) is 5.33. The molecule has 0 unspecified atom stereocenters. The number of hydrogen-bond acceptors (Lipinski definition) is 4. The van der Waals surface area contributed by atoms with E-state index in [1.165, 1.54) is 16.7 Å². The van der Waals surface area contributed by atoms with E-state index in [-0.39, 0.29) is 0 Å². The molecule has 0 aromatic heterocycles. The van der Waals surface area contributed by atoms with Gasteiger partial charge in [-0.15, -0.1) is 0 Å². The molecule has 2 heterocycles. The van der Waals surface area contributed by atoms with Crippen molar-refractivity contribution in [1.29, 1.82) is 0 Å². The van der Waals surface area contributed by atoms with Gasteiger partial charge in [0, 0.05) is 6.42 Å². The van der Waals surface area contributed by atoms with Gasteiger partial charge in [-0.2, -0.15) is 0 Å². The van der Waals surface area contributed by atoms with Crippen LogP contribution in [0.1, 0.15) is 22.3 Å². The summed E-state index contributed by atoms with van der Waals surface area (Å²) in [5, 5.41) is 0. The van der Waals surface area contributed by atoms with Crippen molar-refractivity contribution >= 4 is 12.2 Å². The van der Waals surface area contributed by atoms with Crippen LogP contribution in [0.15, 0.2) is 24.3 Å². The van der Waals surface area contributed by atoms with Gasteiger partial charge >= 0.3 is 0 Å². The van der Waals surface area contributed by atoms with Crippen LogP contribution in [0.5, 0.6) is 23.0 Å². The summed E-state index contributed by atoms with van der Waals surface area (Å²) < 4.78 is 23.2. The predicted molar refractivity (Wildman–Crippen MR) is 105 cm³/mol. The second-order valence-corrected chi connectivity index (χ2v) is 7.67. The van der Waals surface area contributed by atoms with E-state index < -0.39 is 0 Å². The maximum absolute atomic E-state index is 5.72. The third-order valence-corrected chi connectivity index (χ3v) is 5.33. The lowest BCUT2D eigenvalue weighted by molar-refractivity contribution is -0.903. The first-order chi connectivity index (χ1) is 13.0. The van der Waals surface area contributed by atoms with E-state index in [1.807, 2.05) is 6.07 Å². The van der Waals surface area contributed by atoms with E-state index in [4.69, 9.17) is 18.9 Å². The molecular formula is C22H26NO4+. The van der Waals surface area contributed by atoms with E-state index >= 15 is 0 Å². The number of hydrogen-bond donors (Lipinski definition) is 0. The standard InChI is InChI=1S/C22H26NO4/c1-23(2)10-9-17-12-21-20(26-14-27-21)11-16(17)6-5-15-7-8-19(24-3)22(25-4)18(15)13-23/h5-8,11-12H,9-10,13-14H2,1-4H3/q+1/b6-5+. The SMILES string of the molecule is COc1ccc2c(c1OC)C[N+](C)(C)CCc1cc3c(cc1/C=C/2)OCO3. The number of nitrogens with zero attached hydrogens (tertiary/aromatic N) is 1. The molecule has 0 saturated carbocycles. The van der Waals surface area contributed by atoms with E-state index in [9.17, 15) is 0 Å². The molecule has 2 aliphatic rings.